The van der Waals surface area contributed by atoms with E-state index in [2.05, 4.69) is 5.32 Å². The molecule has 5 heteroatoms. The molecule has 1 aromatic rings. The van der Waals surface area contributed by atoms with Crippen LogP contribution in [-0.4, -0.2) is 36.3 Å². The summed E-state index contributed by atoms with van der Waals surface area (Å²) in [5.74, 6) is -0.299. The maximum atomic E-state index is 12.5. The molecule has 0 aromatic heterocycles. The predicted octanol–water partition coefficient (Wildman–Crippen LogP) is 0.732. The Morgan fingerprint density at radius 2 is 2.00 bits per heavy atom. The summed E-state index contributed by atoms with van der Waals surface area (Å²) < 4.78 is 0. The lowest BCUT2D eigenvalue weighted by Crippen LogP contribution is -2.47. The van der Waals surface area contributed by atoms with Crippen LogP contribution in [0.3, 0.4) is 0 Å². The summed E-state index contributed by atoms with van der Waals surface area (Å²) in [5.41, 5.74) is 7.95. The highest BCUT2D eigenvalue weighted by molar-refractivity contribution is 5.90. The molecule has 2 amide bonds. The topological polar surface area (TPSA) is 75.4 Å². The number of hydrogen-bond donors (Lipinski definition) is 2. The van der Waals surface area contributed by atoms with Crippen molar-refractivity contribution in [3.63, 3.8) is 0 Å². The van der Waals surface area contributed by atoms with Gasteiger partial charge in [-0.2, -0.15) is 0 Å². The normalized spacial score (nSPS) is 19.8. The third-order valence-corrected chi connectivity index (χ3v) is 3.79. The molecule has 2 rings (SSSR count). The van der Waals surface area contributed by atoms with E-state index in [-0.39, 0.29) is 17.9 Å². The first-order chi connectivity index (χ1) is 9.54. The van der Waals surface area contributed by atoms with Crippen molar-refractivity contribution in [1.29, 1.82) is 0 Å². The van der Waals surface area contributed by atoms with Gasteiger partial charge in [-0.1, -0.05) is 29.8 Å². The highest BCUT2D eigenvalue weighted by Crippen LogP contribution is 2.22. The van der Waals surface area contributed by atoms with Crippen molar-refractivity contribution < 1.29 is 9.59 Å². The van der Waals surface area contributed by atoms with E-state index in [1.165, 1.54) is 0 Å². The van der Waals surface area contributed by atoms with Gasteiger partial charge in [0.1, 0.15) is 12.1 Å². The fourth-order valence-corrected chi connectivity index (χ4v) is 2.56. The van der Waals surface area contributed by atoms with E-state index in [1.807, 2.05) is 31.2 Å². The maximum Gasteiger partial charge on any atom is 0.244 e. The van der Waals surface area contributed by atoms with Gasteiger partial charge in [0.15, 0.2) is 0 Å². The molecule has 1 aliphatic heterocycles. The molecule has 3 N–H and O–H groups in total. The standard InChI is InChI=1S/C15H21N3O2/c1-10-5-7-11(8-6-10)13(16)15(20)18-9-3-4-12(18)14(19)17-2/h5-8,12-13H,3-4,9,16H2,1-2H3,(H,17,19). The Kier molecular flexibility index (Phi) is 4.39. The number of benzene rings is 1. The Hall–Kier alpha value is -1.88. The molecule has 20 heavy (non-hydrogen) atoms. The number of hydrogen-bond acceptors (Lipinski definition) is 3. The summed E-state index contributed by atoms with van der Waals surface area (Å²) >= 11 is 0. The molecule has 1 aliphatic rings. The summed E-state index contributed by atoms with van der Waals surface area (Å²) in [7, 11) is 1.59. The number of carbonyl (C=O) groups excluding carboxylic acids is 2. The van der Waals surface area contributed by atoms with Gasteiger partial charge in [-0.05, 0) is 25.3 Å². The number of nitrogens with zero attached hydrogens (tertiary/aromatic N) is 1. The van der Waals surface area contributed by atoms with Crippen LogP contribution in [0.1, 0.15) is 30.0 Å². The third kappa shape index (κ3) is 2.82. The number of aryl methyl sites for hydroxylation is 1. The number of likely N-dealkylation sites (N-methyl/N-ethyl adjacent to an activating group) is 1. The molecular formula is C15H21N3O2. The molecule has 2 unspecified atom stereocenters. The molecular weight excluding hydrogens is 254 g/mol. The van der Waals surface area contributed by atoms with Crippen LogP contribution in [0.15, 0.2) is 24.3 Å². The molecule has 0 bridgehead atoms. The average molecular weight is 275 g/mol. The average Bonchev–Trinajstić information content (AvgIpc) is 2.95. The van der Waals surface area contributed by atoms with Gasteiger partial charge in [0.2, 0.25) is 11.8 Å². The molecule has 0 saturated carbocycles. The molecule has 1 heterocycles. The Bertz CT molecular complexity index is 498. The highest BCUT2D eigenvalue weighted by Gasteiger charge is 2.35. The number of carbonyl (C=O) groups is 2. The lowest BCUT2D eigenvalue weighted by Gasteiger charge is -2.26. The third-order valence-electron chi connectivity index (χ3n) is 3.79. The van der Waals surface area contributed by atoms with Crippen molar-refractivity contribution in [3.8, 4) is 0 Å². The number of rotatable bonds is 3. The van der Waals surface area contributed by atoms with Crippen molar-refractivity contribution in [2.45, 2.75) is 31.8 Å². The lowest BCUT2D eigenvalue weighted by molar-refractivity contribution is -0.139. The van der Waals surface area contributed by atoms with Crippen molar-refractivity contribution in [1.82, 2.24) is 10.2 Å². The summed E-state index contributed by atoms with van der Waals surface area (Å²) in [5, 5.41) is 2.60. The van der Waals surface area contributed by atoms with Gasteiger partial charge in [-0.3, -0.25) is 9.59 Å². The van der Waals surface area contributed by atoms with Gasteiger partial charge in [0, 0.05) is 13.6 Å². The van der Waals surface area contributed by atoms with E-state index in [0.29, 0.717) is 13.0 Å². The minimum Gasteiger partial charge on any atom is -0.357 e. The first-order valence-corrected chi connectivity index (χ1v) is 6.89. The number of nitrogens with one attached hydrogen (secondary N) is 1. The Morgan fingerprint density at radius 3 is 2.60 bits per heavy atom. The number of nitrogens with two attached hydrogens (primary N) is 1. The zero-order chi connectivity index (χ0) is 14.7. The second-order valence-corrected chi connectivity index (χ2v) is 5.19. The van der Waals surface area contributed by atoms with Crippen LogP contribution in [0.2, 0.25) is 0 Å². The van der Waals surface area contributed by atoms with Crippen LogP contribution in [0.25, 0.3) is 0 Å². The SMILES string of the molecule is CNC(=O)C1CCCN1C(=O)C(N)c1ccc(C)cc1. The van der Waals surface area contributed by atoms with E-state index in [0.717, 1.165) is 17.5 Å². The van der Waals surface area contributed by atoms with Crippen molar-refractivity contribution in [2.24, 2.45) is 5.73 Å². The Balaban J connectivity index is 2.13. The smallest absolute Gasteiger partial charge is 0.244 e. The summed E-state index contributed by atoms with van der Waals surface area (Å²) in [6.07, 6.45) is 1.54. The molecule has 108 valence electrons. The number of amides is 2. The summed E-state index contributed by atoms with van der Waals surface area (Å²) in [6.45, 7) is 2.58. The molecule has 0 radical (unpaired) electrons. The molecule has 2 atom stereocenters. The van der Waals surface area contributed by atoms with Crippen LogP contribution in [0, 0.1) is 6.92 Å². The van der Waals surface area contributed by atoms with Crippen molar-refractivity contribution >= 4 is 11.8 Å². The first kappa shape index (κ1) is 14.5. The molecule has 0 spiro atoms. The number of likely N-dealkylation sites (tertiary alicyclic amines) is 1. The van der Waals surface area contributed by atoms with Crippen LogP contribution >= 0.6 is 0 Å². The van der Waals surface area contributed by atoms with Gasteiger partial charge in [0.25, 0.3) is 0 Å². The second kappa shape index (κ2) is 6.05. The monoisotopic (exact) mass is 275 g/mol. The van der Waals surface area contributed by atoms with E-state index < -0.39 is 6.04 Å². The van der Waals surface area contributed by atoms with Gasteiger partial charge in [-0.25, -0.2) is 0 Å². The van der Waals surface area contributed by atoms with Gasteiger partial charge < -0.3 is 16.0 Å². The summed E-state index contributed by atoms with van der Waals surface area (Å²) in [6, 6.07) is 6.50. The largest absolute Gasteiger partial charge is 0.357 e. The fourth-order valence-electron chi connectivity index (χ4n) is 2.56. The Morgan fingerprint density at radius 1 is 1.35 bits per heavy atom. The van der Waals surface area contributed by atoms with Crippen molar-refractivity contribution in [2.75, 3.05) is 13.6 Å². The van der Waals surface area contributed by atoms with Crippen LogP contribution in [-0.2, 0) is 9.59 Å². The molecule has 1 saturated heterocycles. The van der Waals surface area contributed by atoms with Crippen molar-refractivity contribution in [3.05, 3.63) is 35.4 Å². The Labute approximate surface area is 119 Å². The van der Waals surface area contributed by atoms with Crippen LogP contribution in [0.4, 0.5) is 0 Å². The molecule has 1 fully saturated rings. The maximum absolute atomic E-state index is 12.5. The van der Waals surface area contributed by atoms with E-state index in [4.69, 9.17) is 5.73 Å². The fraction of sp³-hybridized carbons (Fsp3) is 0.467. The lowest BCUT2D eigenvalue weighted by atomic mass is 10.0. The zero-order valence-corrected chi connectivity index (χ0v) is 11.9. The van der Waals surface area contributed by atoms with E-state index >= 15 is 0 Å². The summed E-state index contributed by atoms with van der Waals surface area (Å²) in [4.78, 5) is 25.9. The van der Waals surface area contributed by atoms with Crippen LogP contribution < -0.4 is 11.1 Å². The molecule has 1 aromatic carbocycles. The minimum atomic E-state index is -0.708. The predicted molar refractivity (Wildman–Crippen MR) is 76.9 cm³/mol. The van der Waals surface area contributed by atoms with Gasteiger partial charge in [-0.15, -0.1) is 0 Å². The highest BCUT2D eigenvalue weighted by atomic mass is 16.2. The van der Waals surface area contributed by atoms with Gasteiger partial charge >= 0.3 is 0 Å². The second-order valence-electron chi connectivity index (χ2n) is 5.19. The van der Waals surface area contributed by atoms with E-state index in [9.17, 15) is 9.59 Å². The molecule has 5 nitrogen and oxygen atoms in total. The van der Waals surface area contributed by atoms with Crippen LogP contribution in [0.5, 0.6) is 0 Å². The van der Waals surface area contributed by atoms with E-state index in [1.54, 1.807) is 11.9 Å². The first-order valence-electron chi connectivity index (χ1n) is 6.89. The quantitative estimate of drug-likeness (QED) is 0.854. The minimum absolute atomic E-state index is 0.119. The van der Waals surface area contributed by atoms with Gasteiger partial charge in [0.05, 0.1) is 0 Å². The zero-order valence-electron chi connectivity index (χ0n) is 11.9. The molecule has 0 aliphatic carbocycles.